The number of hydrazone groups is 1. The molecule has 1 aliphatic heterocycles. The van der Waals surface area contributed by atoms with Crippen LogP contribution in [0.3, 0.4) is 0 Å². The number of hydrogen-bond acceptors (Lipinski definition) is 3. The topological polar surface area (TPSA) is 18.8 Å². The van der Waals surface area contributed by atoms with E-state index in [0.717, 1.165) is 6.54 Å². The molecule has 0 aliphatic carbocycles. The summed E-state index contributed by atoms with van der Waals surface area (Å²) in [7, 11) is 0. The molecule has 0 fully saturated rings. The lowest BCUT2D eigenvalue weighted by atomic mass is 10.3. The highest BCUT2D eigenvalue weighted by Crippen LogP contribution is 2.19. The van der Waals surface area contributed by atoms with E-state index in [9.17, 15) is 0 Å². The van der Waals surface area contributed by atoms with Crippen molar-refractivity contribution in [1.29, 1.82) is 0 Å². The first-order valence-corrected chi connectivity index (χ1v) is 5.32. The second kappa shape index (κ2) is 4.70. The lowest BCUT2D eigenvalue weighted by Crippen LogP contribution is -2.38. The third-order valence-electron chi connectivity index (χ3n) is 2.12. The van der Waals surface area contributed by atoms with Gasteiger partial charge in [-0.1, -0.05) is 24.9 Å². The molecule has 76 valence electrons. The first kappa shape index (κ1) is 10.6. The van der Waals surface area contributed by atoms with Crippen molar-refractivity contribution in [3.05, 3.63) is 0 Å². The predicted octanol–water partition coefficient (Wildman–Crippen LogP) is 2.28. The first-order valence-electron chi connectivity index (χ1n) is 4.89. The normalized spacial score (nSPS) is 22.1. The fraction of sp³-hybridized carbons (Fsp3) is 0.889. The van der Waals surface area contributed by atoms with E-state index in [4.69, 9.17) is 11.6 Å². The minimum absolute atomic E-state index is 0.0912. The third-order valence-corrected chi connectivity index (χ3v) is 2.57. The molecule has 1 rings (SSSR count). The molecule has 3 nitrogen and oxygen atoms in total. The molecule has 1 heterocycles. The van der Waals surface area contributed by atoms with Crippen molar-refractivity contribution >= 4 is 17.9 Å². The molecule has 1 unspecified atom stereocenters. The quantitative estimate of drug-likeness (QED) is 0.516. The van der Waals surface area contributed by atoms with Gasteiger partial charge in [0, 0.05) is 12.6 Å². The van der Waals surface area contributed by atoms with Crippen molar-refractivity contribution in [1.82, 2.24) is 9.91 Å². The summed E-state index contributed by atoms with van der Waals surface area (Å²) in [6.45, 7) is 7.36. The van der Waals surface area contributed by atoms with E-state index in [-0.39, 0.29) is 5.62 Å². The van der Waals surface area contributed by atoms with Crippen LogP contribution in [0.1, 0.15) is 33.6 Å². The molecule has 0 saturated heterocycles. The molecular weight excluding hydrogens is 186 g/mol. The van der Waals surface area contributed by atoms with Crippen molar-refractivity contribution in [2.45, 2.75) is 45.3 Å². The van der Waals surface area contributed by atoms with Gasteiger partial charge >= 0.3 is 0 Å². The minimum atomic E-state index is -0.0912. The molecule has 0 aromatic rings. The van der Waals surface area contributed by atoms with Crippen molar-refractivity contribution in [3.63, 3.8) is 0 Å². The van der Waals surface area contributed by atoms with E-state index in [1.165, 1.54) is 12.8 Å². The SMILES string of the molecule is CCCCN1C=NN(C(C)C)C1Cl. The lowest BCUT2D eigenvalue weighted by molar-refractivity contribution is 0.160. The Hall–Kier alpha value is -0.440. The highest BCUT2D eigenvalue weighted by molar-refractivity contribution is 6.20. The van der Waals surface area contributed by atoms with Gasteiger partial charge in [-0.05, 0) is 20.3 Å². The van der Waals surface area contributed by atoms with Crippen LogP contribution in [-0.4, -0.2) is 34.5 Å². The smallest absolute Gasteiger partial charge is 0.196 e. The number of nitrogens with zero attached hydrogens (tertiary/aromatic N) is 3. The zero-order valence-corrected chi connectivity index (χ0v) is 9.33. The Labute approximate surface area is 85.3 Å². The number of alkyl halides is 1. The van der Waals surface area contributed by atoms with Crippen LogP contribution in [0, 0.1) is 0 Å². The third kappa shape index (κ3) is 2.50. The van der Waals surface area contributed by atoms with Crippen molar-refractivity contribution in [2.24, 2.45) is 5.10 Å². The maximum absolute atomic E-state index is 6.20. The van der Waals surface area contributed by atoms with Gasteiger partial charge in [0.15, 0.2) is 5.62 Å². The van der Waals surface area contributed by atoms with Crippen LogP contribution in [0.5, 0.6) is 0 Å². The maximum atomic E-state index is 6.20. The maximum Gasteiger partial charge on any atom is 0.196 e. The Balaban J connectivity index is 2.41. The average Bonchev–Trinajstić information content (AvgIpc) is 2.43. The highest BCUT2D eigenvalue weighted by atomic mass is 35.5. The summed E-state index contributed by atoms with van der Waals surface area (Å²) in [6.07, 6.45) is 4.20. The van der Waals surface area contributed by atoms with Gasteiger partial charge in [-0.25, -0.2) is 0 Å². The summed E-state index contributed by atoms with van der Waals surface area (Å²) in [5.41, 5.74) is -0.0912. The molecule has 0 bridgehead atoms. The molecule has 0 aromatic carbocycles. The Kier molecular flexibility index (Phi) is 3.85. The Morgan fingerprint density at radius 1 is 1.54 bits per heavy atom. The monoisotopic (exact) mass is 203 g/mol. The lowest BCUT2D eigenvalue weighted by Gasteiger charge is -2.27. The van der Waals surface area contributed by atoms with Crippen LogP contribution in [0.15, 0.2) is 5.10 Å². The summed E-state index contributed by atoms with van der Waals surface area (Å²) in [4.78, 5) is 2.07. The Morgan fingerprint density at radius 3 is 2.69 bits per heavy atom. The molecule has 1 aliphatic rings. The van der Waals surface area contributed by atoms with Gasteiger partial charge in [-0.3, -0.25) is 5.01 Å². The molecule has 0 spiro atoms. The van der Waals surface area contributed by atoms with Crippen LogP contribution < -0.4 is 0 Å². The molecule has 0 saturated carbocycles. The fourth-order valence-corrected chi connectivity index (χ4v) is 1.70. The van der Waals surface area contributed by atoms with Gasteiger partial charge in [0.25, 0.3) is 0 Å². The summed E-state index contributed by atoms with van der Waals surface area (Å²) in [6, 6.07) is 0.366. The first-order chi connectivity index (χ1) is 6.16. The number of rotatable bonds is 4. The molecule has 0 radical (unpaired) electrons. The fourth-order valence-electron chi connectivity index (χ4n) is 1.27. The molecular formula is C9H18ClN3. The van der Waals surface area contributed by atoms with Gasteiger partial charge in [0.1, 0.15) is 6.34 Å². The summed E-state index contributed by atoms with van der Waals surface area (Å²) >= 11 is 6.20. The van der Waals surface area contributed by atoms with Gasteiger partial charge in [0.05, 0.1) is 0 Å². The predicted molar refractivity (Wildman–Crippen MR) is 56.7 cm³/mol. The average molecular weight is 204 g/mol. The molecule has 4 heteroatoms. The van der Waals surface area contributed by atoms with E-state index in [0.29, 0.717) is 6.04 Å². The van der Waals surface area contributed by atoms with Gasteiger partial charge < -0.3 is 4.90 Å². The second-order valence-electron chi connectivity index (χ2n) is 3.61. The van der Waals surface area contributed by atoms with Crippen LogP contribution in [0.4, 0.5) is 0 Å². The second-order valence-corrected chi connectivity index (χ2v) is 4.00. The van der Waals surface area contributed by atoms with E-state index in [1.54, 1.807) is 0 Å². The van der Waals surface area contributed by atoms with E-state index < -0.39 is 0 Å². The standard InChI is InChI=1S/C9H18ClN3/c1-4-5-6-12-7-11-13(8(2)3)9(12)10/h7-9H,4-6H2,1-3H3. The van der Waals surface area contributed by atoms with Crippen molar-refractivity contribution in [3.8, 4) is 0 Å². The van der Waals surface area contributed by atoms with Crippen LogP contribution >= 0.6 is 11.6 Å². The van der Waals surface area contributed by atoms with Crippen molar-refractivity contribution in [2.75, 3.05) is 6.54 Å². The van der Waals surface area contributed by atoms with Gasteiger partial charge in [-0.15, -0.1) is 0 Å². The zero-order valence-electron chi connectivity index (χ0n) is 8.57. The molecule has 1 atom stereocenters. The van der Waals surface area contributed by atoms with E-state index in [2.05, 4.69) is 30.8 Å². The molecule has 0 aromatic heterocycles. The van der Waals surface area contributed by atoms with Crippen LogP contribution in [-0.2, 0) is 0 Å². The molecule has 0 amide bonds. The van der Waals surface area contributed by atoms with E-state index in [1.807, 2.05) is 11.3 Å². The summed E-state index contributed by atoms with van der Waals surface area (Å²) < 4.78 is 0. The summed E-state index contributed by atoms with van der Waals surface area (Å²) in [5, 5.41) is 6.17. The van der Waals surface area contributed by atoms with Gasteiger partial charge in [0.2, 0.25) is 0 Å². The van der Waals surface area contributed by atoms with Crippen molar-refractivity contribution < 1.29 is 0 Å². The largest absolute Gasteiger partial charge is 0.327 e. The summed E-state index contributed by atoms with van der Waals surface area (Å²) in [5.74, 6) is 0. The zero-order chi connectivity index (χ0) is 9.84. The highest BCUT2D eigenvalue weighted by Gasteiger charge is 2.26. The van der Waals surface area contributed by atoms with Crippen LogP contribution in [0.25, 0.3) is 0 Å². The number of unbranched alkanes of at least 4 members (excludes halogenated alkanes) is 1. The number of hydrogen-bond donors (Lipinski definition) is 0. The van der Waals surface area contributed by atoms with E-state index >= 15 is 0 Å². The molecule has 0 N–H and O–H groups in total. The Morgan fingerprint density at radius 2 is 2.23 bits per heavy atom. The van der Waals surface area contributed by atoms with Crippen LogP contribution in [0.2, 0.25) is 0 Å². The molecule has 13 heavy (non-hydrogen) atoms. The Bertz CT molecular complexity index is 182. The number of halogens is 1. The van der Waals surface area contributed by atoms with Gasteiger partial charge in [-0.2, -0.15) is 5.10 Å². The minimum Gasteiger partial charge on any atom is -0.327 e.